The Labute approximate surface area is 191 Å². The Hall–Kier alpha value is -4.13. The molecule has 33 heavy (non-hydrogen) atoms. The van der Waals surface area contributed by atoms with E-state index in [2.05, 4.69) is 4.98 Å². The lowest BCUT2D eigenvalue weighted by Gasteiger charge is -2.25. The number of aliphatic hydroxyl groups excluding tert-OH is 1. The molecule has 3 aromatic rings. The lowest BCUT2D eigenvalue weighted by atomic mass is 9.95. The number of hydrogen-bond acceptors (Lipinski definition) is 6. The van der Waals surface area contributed by atoms with Crippen LogP contribution < -0.4 is 14.4 Å². The van der Waals surface area contributed by atoms with Gasteiger partial charge in [-0.1, -0.05) is 18.2 Å². The van der Waals surface area contributed by atoms with E-state index in [1.165, 1.54) is 4.90 Å². The fourth-order valence-corrected chi connectivity index (χ4v) is 3.91. The predicted molar refractivity (Wildman–Crippen MR) is 124 cm³/mol. The molecule has 0 aliphatic carbocycles. The van der Waals surface area contributed by atoms with Crippen LogP contribution in [0, 0.1) is 0 Å². The third-order valence-electron chi connectivity index (χ3n) is 5.29. The van der Waals surface area contributed by atoms with Gasteiger partial charge in [-0.3, -0.25) is 19.5 Å². The quantitative estimate of drug-likeness (QED) is 0.328. The number of ketones is 1. The lowest BCUT2D eigenvalue weighted by Crippen LogP contribution is -2.29. The summed E-state index contributed by atoms with van der Waals surface area (Å²) in [5.41, 5.74) is 1.53. The Bertz CT molecular complexity index is 1210. The van der Waals surface area contributed by atoms with Gasteiger partial charge >= 0.3 is 0 Å². The number of nitrogens with zero attached hydrogens (tertiary/aromatic N) is 2. The summed E-state index contributed by atoms with van der Waals surface area (Å²) in [4.78, 5) is 31.9. The highest BCUT2D eigenvalue weighted by Gasteiger charge is 2.47. The molecule has 4 rings (SSSR count). The lowest BCUT2D eigenvalue weighted by molar-refractivity contribution is -0.132. The third-order valence-corrected chi connectivity index (χ3v) is 5.29. The fourth-order valence-electron chi connectivity index (χ4n) is 3.91. The van der Waals surface area contributed by atoms with E-state index in [1.807, 2.05) is 13.8 Å². The third kappa shape index (κ3) is 4.30. The molecule has 7 heteroatoms. The highest BCUT2D eigenvalue weighted by Crippen LogP contribution is 2.42. The van der Waals surface area contributed by atoms with Crippen LogP contribution in [0.25, 0.3) is 5.76 Å². The molecule has 1 amide bonds. The van der Waals surface area contributed by atoms with E-state index in [1.54, 1.807) is 73.1 Å². The van der Waals surface area contributed by atoms with Crippen LogP contribution in [0.3, 0.4) is 0 Å². The SMILES string of the molecule is CCOc1cccc(/C(O)=C2\C(=O)C(=O)N(c3cccc(OCC)c3)C2c2ccncc2)c1. The standard InChI is InChI=1S/C26H24N2O5/c1-3-32-20-9-5-7-18(15-20)24(29)22-23(17-11-13-27-14-12-17)28(26(31)25(22)30)19-8-6-10-21(16-19)33-4-2/h5-16,23,29H,3-4H2,1-2H3/b24-22+. The van der Waals surface area contributed by atoms with Gasteiger partial charge in [0.05, 0.1) is 24.8 Å². The average molecular weight is 444 g/mol. The first-order valence-electron chi connectivity index (χ1n) is 10.7. The number of hydrogen-bond donors (Lipinski definition) is 1. The van der Waals surface area contributed by atoms with Crippen molar-refractivity contribution in [2.75, 3.05) is 18.1 Å². The fraction of sp³-hybridized carbons (Fsp3) is 0.192. The second-order valence-corrected chi connectivity index (χ2v) is 7.34. The number of pyridine rings is 1. The zero-order valence-corrected chi connectivity index (χ0v) is 18.4. The van der Waals surface area contributed by atoms with Gasteiger partial charge in [-0.15, -0.1) is 0 Å². The maximum atomic E-state index is 13.2. The molecule has 0 spiro atoms. The first-order valence-corrected chi connectivity index (χ1v) is 10.7. The van der Waals surface area contributed by atoms with Gasteiger partial charge in [-0.05, 0) is 55.8 Å². The summed E-state index contributed by atoms with van der Waals surface area (Å²) < 4.78 is 11.1. The zero-order chi connectivity index (χ0) is 23.4. The van der Waals surface area contributed by atoms with Crippen LogP contribution in [-0.4, -0.2) is 35.0 Å². The number of ether oxygens (including phenoxy) is 2. The molecule has 1 aliphatic heterocycles. The summed E-state index contributed by atoms with van der Waals surface area (Å²) in [5, 5.41) is 11.2. The van der Waals surface area contributed by atoms with Crippen molar-refractivity contribution in [2.45, 2.75) is 19.9 Å². The minimum Gasteiger partial charge on any atom is -0.507 e. The van der Waals surface area contributed by atoms with E-state index in [9.17, 15) is 14.7 Å². The molecule has 0 radical (unpaired) electrons. The molecular weight excluding hydrogens is 420 g/mol. The second-order valence-electron chi connectivity index (χ2n) is 7.34. The first kappa shape index (κ1) is 22.1. The maximum Gasteiger partial charge on any atom is 0.300 e. The molecule has 7 nitrogen and oxygen atoms in total. The van der Waals surface area contributed by atoms with Crippen LogP contribution >= 0.6 is 0 Å². The number of carbonyl (C=O) groups is 2. The molecule has 1 fully saturated rings. The molecule has 0 saturated carbocycles. The molecule has 1 aliphatic rings. The number of aliphatic hydroxyl groups is 1. The monoisotopic (exact) mass is 444 g/mol. The molecule has 0 bridgehead atoms. The molecule has 168 valence electrons. The number of Topliss-reactive ketones (excluding diaryl/α,β-unsaturated/α-hetero) is 1. The number of benzene rings is 2. The van der Waals surface area contributed by atoms with Gasteiger partial charge in [-0.2, -0.15) is 0 Å². The Morgan fingerprint density at radius 3 is 2.24 bits per heavy atom. The smallest absolute Gasteiger partial charge is 0.300 e. The van der Waals surface area contributed by atoms with E-state index < -0.39 is 17.7 Å². The van der Waals surface area contributed by atoms with Crippen LogP contribution in [0.1, 0.15) is 31.0 Å². The molecule has 2 heterocycles. The Kier molecular flexibility index (Phi) is 6.40. The van der Waals surface area contributed by atoms with Crippen molar-refractivity contribution in [3.05, 3.63) is 89.8 Å². The van der Waals surface area contributed by atoms with E-state index in [4.69, 9.17) is 9.47 Å². The number of carbonyl (C=O) groups excluding carboxylic acids is 2. The van der Waals surface area contributed by atoms with E-state index in [0.29, 0.717) is 41.5 Å². The van der Waals surface area contributed by atoms with Gasteiger partial charge in [0.2, 0.25) is 0 Å². The van der Waals surface area contributed by atoms with Gasteiger partial charge in [0.25, 0.3) is 11.7 Å². The Morgan fingerprint density at radius 2 is 1.58 bits per heavy atom. The van der Waals surface area contributed by atoms with E-state index >= 15 is 0 Å². The number of aromatic nitrogens is 1. The first-order chi connectivity index (χ1) is 16.0. The van der Waals surface area contributed by atoms with Crippen molar-refractivity contribution in [1.82, 2.24) is 4.98 Å². The second kappa shape index (κ2) is 9.56. The summed E-state index contributed by atoms with van der Waals surface area (Å²) in [6.07, 6.45) is 3.17. The summed E-state index contributed by atoms with van der Waals surface area (Å²) in [5.74, 6) is -0.624. The van der Waals surface area contributed by atoms with Crippen LogP contribution in [0.4, 0.5) is 5.69 Å². The van der Waals surface area contributed by atoms with Gasteiger partial charge in [0, 0.05) is 29.7 Å². The zero-order valence-electron chi connectivity index (χ0n) is 18.4. The molecule has 1 unspecified atom stereocenters. The van der Waals surface area contributed by atoms with Gasteiger partial charge in [0.1, 0.15) is 17.3 Å². The maximum absolute atomic E-state index is 13.2. The van der Waals surface area contributed by atoms with Crippen molar-refractivity contribution >= 4 is 23.1 Å². The van der Waals surface area contributed by atoms with Crippen molar-refractivity contribution in [3.63, 3.8) is 0 Å². The Balaban J connectivity index is 1.89. The average Bonchev–Trinajstić information content (AvgIpc) is 3.10. The van der Waals surface area contributed by atoms with Crippen LogP contribution in [-0.2, 0) is 9.59 Å². The molecule has 2 aromatic carbocycles. The summed E-state index contributed by atoms with van der Waals surface area (Å²) >= 11 is 0. The normalized spacial score (nSPS) is 17.3. The molecule has 1 N–H and O–H groups in total. The summed E-state index contributed by atoms with van der Waals surface area (Å²) in [6, 6.07) is 16.4. The highest BCUT2D eigenvalue weighted by atomic mass is 16.5. The largest absolute Gasteiger partial charge is 0.507 e. The predicted octanol–water partition coefficient (Wildman–Crippen LogP) is 4.51. The highest BCUT2D eigenvalue weighted by molar-refractivity contribution is 6.51. The summed E-state index contributed by atoms with van der Waals surface area (Å²) in [6.45, 7) is 4.65. The molecule has 1 aromatic heterocycles. The Morgan fingerprint density at radius 1 is 0.939 bits per heavy atom. The molecule has 1 saturated heterocycles. The van der Waals surface area contributed by atoms with Crippen LogP contribution in [0.15, 0.2) is 78.6 Å². The minimum absolute atomic E-state index is 0.00154. The number of anilines is 1. The van der Waals surface area contributed by atoms with Crippen molar-refractivity contribution in [2.24, 2.45) is 0 Å². The van der Waals surface area contributed by atoms with Crippen molar-refractivity contribution < 1.29 is 24.2 Å². The number of amides is 1. The van der Waals surface area contributed by atoms with Crippen LogP contribution in [0.5, 0.6) is 11.5 Å². The van der Waals surface area contributed by atoms with Crippen molar-refractivity contribution in [3.8, 4) is 11.5 Å². The van der Waals surface area contributed by atoms with E-state index in [0.717, 1.165) is 0 Å². The van der Waals surface area contributed by atoms with E-state index in [-0.39, 0.29) is 11.3 Å². The molecule has 1 atom stereocenters. The number of rotatable bonds is 7. The van der Waals surface area contributed by atoms with Gasteiger partial charge < -0.3 is 14.6 Å². The topological polar surface area (TPSA) is 89.0 Å². The van der Waals surface area contributed by atoms with Crippen LogP contribution in [0.2, 0.25) is 0 Å². The van der Waals surface area contributed by atoms with Gasteiger partial charge in [-0.25, -0.2) is 0 Å². The summed E-state index contributed by atoms with van der Waals surface area (Å²) in [7, 11) is 0. The van der Waals surface area contributed by atoms with Crippen molar-refractivity contribution in [1.29, 1.82) is 0 Å². The van der Waals surface area contributed by atoms with Gasteiger partial charge in [0.15, 0.2) is 0 Å². The minimum atomic E-state index is -0.833. The molecular formula is C26H24N2O5.